The number of carboxylic acid groups (broad SMARTS) is 1. The third kappa shape index (κ3) is 4.10. The van der Waals surface area contributed by atoms with Crippen molar-refractivity contribution in [3.05, 3.63) is 32.5 Å². The first-order valence-electron chi connectivity index (χ1n) is 8.31. The first-order valence-corrected chi connectivity index (χ1v) is 9.19. The third-order valence-electron chi connectivity index (χ3n) is 4.92. The zero-order chi connectivity index (χ0) is 18.7. The molecule has 0 saturated carbocycles. The van der Waals surface area contributed by atoms with Crippen LogP contribution in [0.3, 0.4) is 0 Å². The number of carboxylic acids is 1. The Morgan fingerprint density at radius 3 is 2.28 bits per heavy atom. The first kappa shape index (κ1) is 19.2. The molecule has 136 valence electrons. The lowest BCUT2D eigenvalue weighted by atomic mass is 9.76. The van der Waals surface area contributed by atoms with Gasteiger partial charge >= 0.3 is 5.97 Å². The Labute approximate surface area is 151 Å². The normalized spacial score (nSPS) is 20.3. The number of rotatable bonds is 4. The maximum absolute atomic E-state index is 12.5. The summed E-state index contributed by atoms with van der Waals surface area (Å²) in [5.41, 5.74) is 8.41. The minimum atomic E-state index is -0.986. The standard InChI is InChI=1S/C18H24N2O4S/c1-5-12-11(4)25-8-15(12)17(22)20-19-16(21)13-6-9(2)10(3)7-14(13)18(23)24/h8,13-14H,5-7H2,1-4H3,(H,19,21)(H,20,22)(H,23,24)/t13-,14+/m0/s1. The number of amides is 2. The van der Waals surface area contributed by atoms with E-state index in [-0.39, 0.29) is 5.91 Å². The van der Waals surface area contributed by atoms with Crippen molar-refractivity contribution in [1.82, 2.24) is 10.9 Å². The fourth-order valence-electron chi connectivity index (χ4n) is 3.22. The quantitative estimate of drug-likeness (QED) is 0.565. The molecule has 0 spiro atoms. The predicted octanol–water partition coefficient (Wildman–Crippen LogP) is 2.83. The summed E-state index contributed by atoms with van der Waals surface area (Å²) in [5.74, 6) is -3.27. The van der Waals surface area contributed by atoms with Gasteiger partial charge in [-0.25, -0.2) is 0 Å². The van der Waals surface area contributed by atoms with E-state index in [1.807, 2.05) is 27.7 Å². The summed E-state index contributed by atoms with van der Waals surface area (Å²) >= 11 is 1.49. The Morgan fingerprint density at radius 1 is 1.12 bits per heavy atom. The van der Waals surface area contributed by atoms with Crippen LogP contribution in [0.25, 0.3) is 0 Å². The molecule has 2 amide bonds. The molecule has 0 aromatic carbocycles. The Morgan fingerprint density at radius 2 is 1.72 bits per heavy atom. The Kier molecular flexibility index (Phi) is 6.00. The number of aliphatic carboxylic acids is 1. The summed E-state index contributed by atoms with van der Waals surface area (Å²) in [6.45, 7) is 7.73. The number of allylic oxidation sites excluding steroid dienone is 2. The van der Waals surface area contributed by atoms with Crippen LogP contribution in [0.5, 0.6) is 0 Å². The molecule has 7 heteroatoms. The van der Waals surface area contributed by atoms with Crippen LogP contribution in [0.1, 0.15) is 54.4 Å². The van der Waals surface area contributed by atoms with E-state index in [2.05, 4.69) is 10.9 Å². The number of carbonyl (C=O) groups is 3. The van der Waals surface area contributed by atoms with Gasteiger partial charge in [-0.1, -0.05) is 18.1 Å². The van der Waals surface area contributed by atoms with Gasteiger partial charge in [0, 0.05) is 10.3 Å². The zero-order valence-corrected chi connectivity index (χ0v) is 15.8. The first-order chi connectivity index (χ1) is 11.8. The van der Waals surface area contributed by atoms with E-state index in [0.29, 0.717) is 18.4 Å². The lowest BCUT2D eigenvalue weighted by Gasteiger charge is -2.29. The number of aryl methyl sites for hydroxylation is 1. The highest BCUT2D eigenvalue weighted by Gasteiger charge is 2.37. The molecule has 6 nitrogen and oxygen atoms in total. The molecule has 2 rings (SSSR count). The molecule has 1 aromatic rings. The molecule has 0 radical (unpaired) electrons. The smallest absolute Gasteiger partial charge is 0.307 e. The van der Waals surface area contributed by atoms with Crippen molar-refractivity contribution in [1.29, 1.82) is 0 Å². The molecule has 1 heterocycles. The molecule has 1 aromatic heterocycles. The lowest BCUT2D eigenvalue weighted by molar-refractivity contribution is -0.147. The van der Waals surface area contributed by atoms with Crippen LogP contribution in [0.4, 0.5) is 0 Å². The molecule has 1 aliphatic rings. The Bertz CT molecular complexity index is 735. The number of hydrazine groups is 1. The van der Waals surface area contributed by atoms with E-state index in [1.54, 1.807) is 5.38 Å². The molecular weight excluding hydrogens is 340 g/mol. The molecule has 0 fully saturated rings. The predicted molar refractivity (Wildman–Crippen MR) is 96.3 cm³/mol. The van der Waals surface area contributed by atoms with Crippen molar-refractivity contribution < 1.29 is 19.5 Å². The minimum absolute atomic E-state index is 0.358. The maximum Gasteiger partial charge on any atom is 0.307 e. The Hall–Kier alpha value is -2.15. The average molecular weight is 364 g/mol. The molecule has 0 saturated heterocycles. The van der Waals surface area contributed by atoms with E-state index >= 15 is 0 Å². The number of hydrogen-bond donors (Lipinski definition) is 3. The minimum Gasteiger partial charge on any atom is -0.481 e. The van der Waals surface area contributed by atoms with Crippen LogP contribution in [-0.4, -0.2) is 22.9 Å². The highest BCUT2D eigenvalue weighted by Crippen LogP contribution is 2.34. The van der Waals surface area contributed by atoms with Gasteiger partial charge in [-0.15, -0.1) is 11.3 Å². The van der Waals surface area contributed by atoms with Crippen molar-refractivity contribution in [3.63, 3.8) is 0 Å². The van der Waals surface area contributed by atoms with Crippen molar-refractivity contribution in [2.75, 3.05) is 0 Å². The Balaban J connectivity index is 2.06. The molecule has 0 aliphatic heterocycles. The van der Waals surface area contributed by atoms with Gasteiger partial charge in [0.05, 0.1) is 17.4 Å². The van der Waals surface area contributed by atoms with E-state index in [4.69, 9.17) is 0 Å². The summed E-state index contributed by atoms with van der Waals surface area (Å²) in [7, 11) is 0. The molecule has 3 N–H and O–H groups in total. The molecule has 25 heavy (non-hydrogen) atoms. The average Bonchev–Trinajstić information content (AvgIpc) is 2.94. The molecule has 0 bridgehead atoms. The van der Waals surface area contributed by atoms with Gasteiger partial charge in [0.2, 0.25) is 5.91 Å². The highest BCUT2D eigenvalue weighted by molar-refractivity contribution is 7.10. The van der Waals surface area contributed by atoms with Crippen LogP contribution in [0, 0.1) is 18.8 Å². The summed E-state index contributed by atoms with van der Waals surface area (Å²) in [5, 5.41) is 11.2. The largest absolute Gasteiger partial charge is 0.481 e. The van der Waals surface area contributed by atoms with Gasteiger partial charge in [0.25, 0.3) is 5.91 Å². The van der Waals surface area contributed by atoms with Gasteiger partial charge in [-0.05, 0) is 45.6 Å². The summed E-state index contributed by atoms with van der Waals surface area (Å²) in [4.78, 5) is 37.3. The van der Waals surface area contributed by atoms with E-state index in [9.17, 15) is 19.5 Å². The van der Waals surface area contributed by atoms with Crippen LogP contribution >= 0.6 is 11.3 Å². The number of nitrogens with one attached hydrogen (secondary N) is 2. The second kappa shape index (κ2) is 7.82. The zero-order valence-electron chi connectivity index (χ0n) is 14.9. The number of carbonyl (C=O) groups excluding carboxylic acids is 2. The topological polar surface area (TPSA) is 95.5 Å². The molecule has 0 unspecified atom stereocenters. The van der Waals surface area contributed by atoms with Crippen molar-refractivity contribution in [3.8, 4) is 0 Å². The molecule has 1 aliphatic carbocycles. The van der Waals surface area contributed by atoms with E-state index in [1.165, 1.54) is 11.3 Å². The maximum atomic E-state index is 12.5. The van der Waals surface area contributed by atoms with E-state index < -0.39 is 23.7 Å². The van der Waals surface area contributed by atoms with Crippen LogP contribution in [-0.2, 0) is 16.0 Å². The molecule has 2 atom stereocenters. The van der Waals surface area contributed by atoms with Crippen molar-refractivity contribution in [2.45, 2.75) is 47.0 Å². The molecular formula is C18H24N2O4S. The fraction of sp³-hybridized carbons (Fsp3) is 0.500. The van der Waals surface area contributed by atoms with E-state index in [0.717, 1.165) is 28.0 Å². The van der Waals surface area contributed by atoms with Crippen LogP contribution < -0.4 is 10.9 Å². The second-order valence-electron chi connectivity index (χ2n) is 6.50. The van der Waals surface area contributed by atoms with Gasteiger partial charge < -0.3 is 5.11 Å². The monoisotopic (exact) mass is 364 g/mol. The summed E-state index contributed by atoms with van der Waals surface area (Å²) in [6.07, 6.45) is 1.48. The van der Waals surface area contributed by atoms with Crippen LogP contribution in [0.2, 0.25) is 0 Å². The van der Waals surface area contributed by atoms with Crippen LogP contribution in [0.15, 0.2) is 16.5 Å². The van der Waals surface area contributed by atoms with Crippen molar-refractivity contribution >= 4 is 29.1 Å². The lowest BCUT2D eigenvalue weighted by Crippen LogP contribution is -2.48. The van der Waals surface area contributed by atoms with Gasteiger partial charge in [-0.2, -0.15) is 0 Å². The fourth-order valence-corrected chi connectivity index (χ4v) is 4.16. The third-order valence-corrected chi connectivity index (χ3v) is 5.87. The summed E-state index contributed by atoms with van der Waals surface area (Å²) in [6, 6.07) is 0. The van der Waals surface area contributed by atoms with Gasteiger partial charge in [0.15, 0.2) is 0 Å². The number of hydrogen-bond acceptors (Lipinski definition) is 4. The highest BCUT2D eigenvalue weighted by atomic mass is 32.1. The van der Waals surface area contributed by atoms with Gasteiger partial charge in [0.1, 0.15) is 0 Å². The summed E-state index contributed by atoms with van der Waals surface area (Å²) < 4.78 is 0. The number of thiophene rings is 1. The second-order valence-corrected chi connectivity index (χ2v) is 7.58. The van der Waals surface area contributed by atoms with Crippen molar-refractivity contribution in [2.24, 2.45) is 11.8 Å². The SMILES string of the molecule is CCc1c(C(=O)NNC(=O)[C@H]2CC(C)=C(C)C[C@H]2C(=O)O)csc1C. The van der Waals surface area contributed by atoms with Gasteiger partial charge in [-0.3, -0.25) is 25.2 Å².